The lowest BCUT2D eigenvalue weighted by molar-refractivity contribution is -0.135. The van der Waals surface area contributed by atoms with Gasteiger partial charge in [-0.2, -0.15) is 0 Å². The molecular formula is C23H27N3O2. The van der Waals surface area contributed by atoms with Crippen LogP contribution < -0.4 is 4.74 Å². The highest BCUT2D eigenvalue weighted by Crippen LogP contribution is 2.26. The Morgan fingerprint density at radius 1 is 1.14 bits per heavy atom. The van der Waals surface area contributed by atoms with Crippen LogP contribution in [0.25, 0.3) is 11.0 Å². The summed E-state index contributed by atoms with van der Waals surface area (Å²) in [7, 11) is 0. The van der Waals surface area contributed by atoms with Gasteiger partial charge in [0, 0.05) is 12.6 Å². The van der Waals surface area contributed by atoms with Gasteiger partial charge in [0.25, 0.3) is 0 Å². The van der Waals surface area contributed by atoms with E-state index in [0.717, 1.165) is 42.0 Å². The van der Waals surface area contributed by atoms with Crippen molar-refractivity contribution < 1.29 is 9.53 Å². The highest BCUT2D eigenvalue weighted by Gasteiger charge is 2.26. The van der Waals surface area contributed by atoms with Crippen molar-refractivity contribution in [2.24, 2.45) is 0 Å². The highest BCUT2D eigenvalue weighted by molar-refractivity contribution is 5.81. The predicted octanol–water partition coefficient (Wildman–Crippen LogP) is 4.58. The topological polar surface area (TPSA) is 47.4 Å². The van der Waals surface area contributed by atoms with E-state index in [1.165, 1.54) is 6.42 Å². The zero-order valence-electron chi connectivity index (χ0n) is 16.5. The number of hydrogen-bond acceptors (Lipinski definition) is 3. The second kappa shape index (κ2) is 8.05. The van der Waals surface area contributed by atoms with Gasteiger partial charge in [-0.25, -0.2) is 4.98 Å². The first-order valence-electron chi connectivity index (χ1n) is 10.1. The third-order valence-corrected chi connectivity index (χ3v) is 5.52. The van der Waals surface area contributed by atoms with Crippen molar-refractivity contribution >= 4 is 16.9 Å². The first-order valence-corrected chi connectivity index (χ1v) is 10.1. The molecule has 0 bridgehead atoms. The third kappa shape index (κ3) is 3.75. The molecule has 1 fully saturated rings. The van der Waals surface area contributed by atoms with Crippen LogP contribution >= 0.6 is 0 Å². The van der Waals surface area contributed by atoms with E-state index in [4.69, 9.17) is 9.72 Å². The number of para-hydroxylation sites is 3. The SMILES string of the molecule is CC(Oc1ccccc1)c1nc2ccccc2n1CC(=O)N1CCCCC1C. The maximum absolute atomic E-state index is 13.1. The number of benzene rings is 2. The number of ether oxygens (including phenoxy) is 1. The number of carbonyl (C=O) groups is 1. The van der Waals surface area contributed by atoms with Gasteiger partial charge in [0.05, 0.1) is 11.0 Å². The summed E-state index contributed by atoms with van der Waals surface area (Å²) >= 11 is 0. The summed E-state index contributed by atoms with van der Waals surface area (Å²) < 4.78 is 8.13. The summed E-state index contributed by atoms with van der Waals surface area (Å²) in [4.78, 5) is 19.9. The van der Waals surface area contributed by atoms with Crippen molar-refractivity contribution in [1.82, 2.24) is 14.5 Å². The minimum atomic E-state index is -0.263. The summed E-state index contributed by atoms with van der Waals surface area (Å²) in [6.45, 7) is 5.27. The molecule has 0 radical (unpaired) electrons. The maximum Gasteiger partial charge on any atom is 0.242 e. The number of carbonyl (C=O) groups excluding carboxylic acids is 1. The van der Waals surface area contributed by atoms with Gasteiger partial charge < -0.3 is 14.2 Å². The molecule has 2 aromatic carbocycles. The molecule has 28 heavy (non-hydrogen) atoms. The Hall–Kier alpha value is -2.82. The van der Waals surface area contributed by atoms with Crippen LogP contribution in [0.2, 0.25) is 0 Å². The summed E-state index contributed by atoms with van der Waals surface area (Å²) in [5, 5.41) is 0. The van der Waals surface area contributed by atoms with E-state index < -0.39 is 0 Å². The molecule has 1 amide bonds. The fourth-order valence-electron chi connectivity index (χ4n) is 4.02. The van der Waals surface area contributed by atoms with E-state index in [-0.39, 0.29) is 12.0 Å². The molecule has 0 aliphatic carbocycles. The van der Waals surface area contributed by atoms with Crippen molar-refractivity contribution in [3.63, 3.8) is 0 Å². The van der Waals surface area contributed by atoms with E-state index in [2.05, 4.69) is 6.92 Å². The molecule has 1 aliphatic heterocycles. The first kappa shape index (κ1) is 18.5. The maximum atomic E-state index is 13.1. The zero-order chi connectivity index (χ0) is 19.5. The van der Waals surface area contributed by atoms with Crippen molar-refractivity contribution in [3.8, 4) is 5.75 Å². The third-order valence-electron chi connectivity index (χ3n) is 5.52. The standard InChI is InChI=1S/C23H27N3O2/c1-17-10-8-9-15-25(17)22(27)16-26-21-14-7-6-13-20(21)24-23(26)18(2)28-19-11-4-3-5-12-19/h3-7,11-14,17-18H,8-10,15-16H2,1-2H3. The Morgan fingerprint density at radius 2 is 1.89 bits per heavy atom. The summed E-state index contributed by atoms with van der Waals surface area (Å²) in [6, 6.07) is 18.0. The van der Waals surface area contributed by atoms with Gasteiger partial charge in [0.1, 0.15) is 12.3 Å². The molecule has 3 aromatic rings. The Balaban J connectivity index is 1.64. The van der Waals surface area contributed by atoms with Gasteiger partial charge in [-0.1, -0.05) is 30.3 Å². The van der Waals surface area contributed by atoms with Crippen LogP contribution in [0.4, 0.5) is 0 Å². The smallest absolute Gasteiger partial charge is 0.242 e. The molecule has 1 aliphatic rings. The summed E-state index contributed by atoms with van der Waals surface area (Å²) in [6.07, 6.45) is 3.10. The molecular weight excluding hydrogens is 350 g/mol. The molecule has 0 N–H and O–H groups in total. The fourth-order valence-corrected chi connectivity index (χ4v) is 4.02. The lowest BCUT2D eigenvalue weighted by atomic mass is 10.0. The molecule has 2 heterocycles. The van der Waals surface area contributed by atoms with Crippen molar-refractivity contribution in [3.05, 3.63) is 60.4 Å². The van der Waals surface area contributed by atoms with Crippen LogP contribution in [0, 0.1) is 0 Å². The van der Waals surface area contributed by atoms with E-state index >= 15 is 0 Å². The summed E-state index contributed by atoms with van der Waals surface area (Å²) in [5.41, 5.74) is 1.86. The summed E-state index contributed by atoms with van der Waals surface area (Å²) in [5.74, 6) is 1.73. The molecule has 0 saturated carbocycles. The van der Waals surface area contributed by atoms with E-state index in [0.29, 0.717) is 12.6 Å². The minimum absolute atomic E-state index is 0.156. The molecule has 2 atom stereocenters. The molecule has 0 spiro atoms. The Labute approximate surface area is 165 Å². The number of amides is 1. The van der Waals surface area contributed by atoms with Crippen LogP contribution in [-0.4, -0.2) is 32.9 Å². The number of nitrogens with zero attached hydrogens (tertiary/aromatic N) is 3. The molecule has 4 rings (SSSR count). The predicted molar refractivity (Wildman–Crippen MR) is 110 cm³/mol. The second-order valence-electron chi connectivity index (χ2n) is 7.55. The quantitative estimate of drug-likeness (QED) is 0.654. The van der Waals surface area contributed by atoms with Gasteiger partial charge >= 0.3 is 0 Å². The van der Waals surface area contributed by atoms with E-state index in [9.17, 15) is 4.79 Å². The average molecular weight is 377 g/mol. The number of rotatable bonds is 5. The molecule has 146 valence electrons. The van der Waals surface area contributed by atoms with Crippen LogP contribution in [0.5, 0.6) is 5.75 Å². The van der Waals surface area contributed by atoms with Gasteiger partial charge in [-0.15, -0.1) is 0 Å². The van der Waals surface area contributed by atoms with Crippen LogP contribution in [0.3, 0.4) is 0 Å². The Bertz CT molecular complexity index is 951. The number of aromatic nitrogens is 2. The lowest BCUT2D eigenvalue weighted by Gasteiger charge is -2.33. The zero-order valence-corrected chi connectivity index (χ0v) is 16.5. The van der Waals surface area contributed by atoms with Crippen LogP contribution in [0.1, 0.15) is 45.0 Å². The fraction of sp³-hybridized carbons (Fsp3) is 0.391. The van der Waals surface area contributed by atoms with Gasteiger partial charge in [0.15, 0.2) is 11.9 Å². The molecule has 1 aromatic heterocycles. The molecule has 2 unspecified atom stereocenters. The van der Waals surface area contributed by atoms with Gasteiger partial charge in [0.2, 0.25) is 5.91 Å². The number of likely N-dealkylation sites (tertiary alicyclic amines) is 1. The second-order valence-corrected chi connectivity index (χ2v) is 7.55. The minimum Gasteiger partial charge on any atom is -0.483 e. The van der Waals surface area contributed by atoms with Gasteiger partial charge in [-0.3, -0.25) is 4.79 Å². The van der Waals surface area contributed by atoms with Crippen LogP contribution in [-0.2, 0) is 11.3 Å². The van der Waals surface area contributed by atoms with Gasteiger partial charge in [-0.05, 0) is 57.4 Å². The van der Waals surface area contributed by atoms with Crippen LogP contribution in [0.15, 0.2) is 54.6 Å². The van der Waals surface area contributed by atoms with Crippen molar-refractivity contribution in [2.45, 2.75) is 51.8 Å². The number of piperidine rings is 1. The number of fused-ring (bicyclic) bond motifs is 1. The number of imidazole rings is 1. The van der Waals surface area contributed by atoms with E-state index in [1.807, 2.05) is 71.0 Å². The Kier molecular flexibility index (Phi) is 5.33. The van der Waals surface area contributed by atoms with Crippen molar-refractivity contribution in [1.29, 1.82) is 0 Å². The Morgan fingerprint density at radius 3 is 2.68 bits per heavy atom. The largest absolute Gasteiger partial charge is 0.483 e. The van der Waals surface area contributed by atoms with E-state index in [1.54, 1.807) is 0 Å². The normalized spacial score (nSPS) is 18.2. The highest BCUT2D eigenvalue weighted by atomic mass is 16.5. The number of hydrogen-bond donors (Lipinski definition) is 0. The monoisotopic (exact) mass is 377 g/mol. The first-order chi connectivity index (χ1) is 13.6. The van der Waals surface area contributed by atoms with Crippen molar-refractivity contribution in [2.75, 3.05) is 6.54 Å². The molecule has 5 nitrogen and oxygen atoms in total. The average Bonchev–Trinajstić information content (AvgIpc) is 3.08. The molecule has 5 heteroatoms. The lowest BCUT2D eigenvalue weighted by Crippen LogP contribution is -2.43. The molecule has 1 saturated heterocycles.